The molecule has 2 aliphatic rings. The third kappa shape index (κ3) is 6.40. The lowest BCUT2D eigenvalue weighted by Crippen LogP contribution is -2.44. The summed E-state index contributed by atoms with van der Waals surface area (Å²) in [5, 5.41) is 6.29. The first kappa shape index (κ1) is 19.7. The minimum absolute atomic E-state index is 0. The molecule has 0 aromatic rings. The maximum atomic E-state index is 12.1. The van der Waals surface area contributed by atoms with Crippen LogP contribution in [0, 0.1) is 5.92 Å². The van der Waals surface area contributed by atoms with Gasteiger partial charge < -0.3 is 15.4 Å². The molecule has 1 aliphatic carbocycles. The Bertz CT molecular complexity index is 444. The number of hydrogen-bond acceptors (Lipinski definition) is 5. The van der Waals surface area contributed by atoms with Crippen molar-refractivity contribution in [3.05, 3.63) is 0 Å². The van der Waals surface area contributed by atoms with Crippen LogP contribution in [-0.4, -0.2) is 58.2 Å². The van der Waals surface area contributed by atoms with E-state index in [9.17, 15) is 13.2 Å². The lowest BCUT2D eigenvalue weighted by Gasteiger charge is -2.24. The van der Waals surface area contributed by atoms with Gasteiger partial charge in [0.2, 0.25) is 5.91 Å². The summed E-state index contributed by atoms with van der Waals surface area (Å²) in [6, 6.07) is 0.439. The van der Waals surface area contributed by atoms with Gasteiger partial charge in [-0.2, -0.15) is 0 Å². The highest BCUT2D eigenvalue weighted by Crippen LogP contribution is 2.33. The zero-order chi connectivity index (χ0) is 15.3. The maximum Gasteiger partial charge on any atom is 0.237 e. The first-order chi connectivity index (χ1) is 9.96. The van der Waals surface area contributed by atoms with Gasteiger partial charge in [0, 0.05) is 18.8 Å². The summed E-state index contributed by atoms with van der Waals surface area (Å²) in [5.41, 5.74) is 0. The number of carbonyl (C=O) groups is 1. The minimum Gasteiger partial charge on any atom is -0.379 e. The summed E-state index contributed by atoms with van der Waals surface area (Å²) in [6.45, 7) is 0.956. The molecule has 3 unspecified atom stereocenters. The van der Waals surface area contributed by atoms with E-state index in [1.165, 1.54) is 31.9 Å². The van der Waals surface area contributed by atoms with Crippen LogP contribution in [0.2, 0.25) is 0 Å². The minimum atomic E-state index is -2.98. The highest BCUT2D eigenvalue weighted by atomic mass is 35.5. The molecule has 2 N–H and O–H groups in total. The number of ether oxygens (including phenoxy) is 1. The number of halogens is 1. The zero-order valence-corrected chi connectivity index (χ0v) is 14.7. The van der Waals surface area contributed by atoms with Gasteiger partial charge in [-0.1, -0.05) is 12.8 Å². The van der Waals surface area contributed by atoms with Gasteiger partial charge in [0.25, 0.3) is 0 Å². The topological polar surface area (TPSA) is 84.5 Å². The Balaban J connectivity index is 0.00000242. The Kier molecular flexibility index (Phi) is 8.10. The van der Waals surface area contributed by atoms with Crippen LogP contribution in [0.3, 0.4) is 0 Å². The number of carbonyl (C=O) groups excluding carboxylic acids is 1. The van der Waals surface area contributed by atoms with E-state index >= 15 is 0 Å². The molecule has 2 fully saturated rings. The normalized spacial score (nSPS) is 27.8. The highest BCUT2D eigenvalue weighted by molar-refractivity contribution is 7.90. The second kappa shape index (κ2) is 9.05. The molecular weight excluding hydrogens is 328 g/mol. The van der Waals surface area contributed by atoms with Crippen molar-refractivity contribution in [3.63, 3.8) is 0 Å². The molecule has 0 bridgehead atoms. The van der Waals surface area contributed by atoms with Crippen molar-refractivity contribution in [2.75, 3.05) is 31.8 Å². The van der Waals surface area contributed by atoms with Crippen LogP contribution in [0.25, 0.3) is 0 Å². The van der Waals surface area contributed by atoms with E-state index in [0.717, 1.165) is 6.42 Å². The monoisotopic (exact) mass is 354 g/mol. The van der Waals surface area contributed by atoms with Gasteiger partial charge in [-0.25, -0.2) is 8.42 Å². The van der Waals surface area contributed by atoms with Crippen molar-refractivity contribution < 1.29 is 17.9 Å². The van der Waals surface area contributed by atoms with E-state index in [-0.39, 0.29) is 36.7 Å². The number of hydrogen-bond donors (Lipinski definition) is 2. The molecule has 0 aromatic carbocycles. The predicted octanol–water partition coefficient (Wildman–Crippen LogP) is 0.506. The molecule has 1 aliphatic heterocycles. The molecule has 0 aromatic heterocycles. The number of amides is 1. The lowest BCUT2D eigenvalue weighted by molar-refractivity contribution is -0.123. The van der Waals surface area contributed by atoms with E-state index in [1.807, 2.05) is 0 Å². The van der Waals surface area contributed by atoms with E-state index < -0.39 is 9.84 Å². The average molecular weight is 355 g/mol. The maximum absolute atomic E-state index is 12.1. The van der Waals surface area contributed by atoms with Crippen LogP contribution in [-0.2, 0) is 19.4 Å². The van der Waals surface area contributed by atoms with Crippen molar-refractivity contribution >= 4 is 28.2 Å². The van der Waals surface area contributed by atoms with Gasteiger partial charge >= 0.3 is 0 Å². The predicted molar refractivity (Wildman–Crippen MR) is 88.1 cm³/mol. The number of sulfone groups is 1. The molecule has 1 saturated heterocycles. The Morgan fingerprint density at radius 3 is 2.68 bits per heavy atom. The molecule has 1 amide bonds. The van der Waals surface area contributed by atoms with Gasteiger partial charge in [-0.15, -0.1) is 12.4 Å². The van der Waals surface area contributed by atoms with Gasteiger partial charge in [-0.05, 0) is 25.2 Å². The summed E-state index contributed by atoms with van der Waals surface area (Å²) < 4.78 is 27.0. The van der Waals surface area contributed by atoms with Crippen LogP contribution >= 0.6 is 12.4 Å². The van der Waals surface area contributed by atoms with Crippen LogP contribution in [0.1, 0.15) is 32.1 Å². The summed E-state index contributed by atoms with van der Waals surface area (Å²) in [7, 11) is -2.98. The molecule has 2 rings (SSSR count). The molecule has 0 radical (unpaired) electrons. The van der Waals surface area contributed by atoms with E-state index in [2.05, 4.69) is 10.6 Å². The summed E-state index contributed by atoms with van der Waals surface area (Å²) in [6.07, 6.45) is 7.08. The molecule has 3 atom stereocenters. The second-order valence-corrected chi connectivity index (χ2v) is 8.40. The van der Waals surface area contributed by atoms with Gasteiger partial charge in [-0.3, -0.25) is 4.79 Å². The van der Waals surface area contributed by atoms with Crippen LogP contribution < -0.4 is 10.6 Å². The van der Waals surface area contributed by atoms with Crippen LogP contribution in [0.4, 0.5) is 0 Å². The van der Waals surface area contributed by atoms with E-state index in [1.54, 1.807) is 0 Å². The summed E-state index contributed by atoms with van der Waals surface area (Å²) in [4.78, 5) is 12.1. The largest absolute Gasteiger partial charge is 0.379 e. The second-order valence-electron chi connectivity index (χ2n) is 6.14. The highest BCUT2D eigenvalue weighted by Gasteiger charge is 2.37. The number of fused-ring (bicyclic) bond motifs is 1. The smallest absolute Gasteiger partial charge is 0.237 e. The fourth-order valence-electron chi connectivity index (χ4n) is 3.20. The van der Waals surface area contributed by atoms with Gasteiger partial charge in [0.1, 0.15) is 9.84 Å². The van der Waals surface area contributed by atoms with Gasteiger partial charge in [0.05, 0.1) is 25.0 Å². The molecule has 0 spiro atoms. The zero-order valence-electron chi connectivity index (χ0n) is 13.0. The van der Waals surface area contributed by atoms with Crippen LogP contribution in [0.5, 0.6) is 0 Å². The van der Waals surface area contributed by atoms with Crippen LogP contribution in [0.15, 0.2) is 0 Å². The Hall–Kier alpha value is -0.370. The van der Waals surface area contributed by atoms with Crippen molar-refractivity contribution in [1.82, 2.24) is 10.6 Å². The molecule has 130 valence electrons. The Morgan fingerprint density at radius 2 is 2.00 bits per heavy atom. The third-order valence-corrected chi connectivity index (χ3v) is 5.23. The SMILES string of the molecule is CS(=O)(=O)CCOCCNC(=O)C1CC2CCCCC2N1.Cl. The Labute approximate surface area is 139 Å². The molecular formula is C14H27ClN2O4S. The molecule has 6 nitrogen and oxygen atoms in total. The molecule has 1 saturated carbocycles. The number of nitrogens with one attached hydrogen (secondary N) is 2. The standard InChI is InChI=1S/C14H26N2O4S.ClH/c1-21(18,19)9-8-20-7-6-15-14(17)13-10-11-4-2-3-5-12(11)16-13;/h11-13,16H,2-10H2,1H3,(H,15,17);1H. The first-order valence-electron chi connectivity index (χ1n) is 7.75. The quantitative estimate of drug-likeness (QED) is 0.651. The van der Waals surface area contributed by atoms with Crippen molar-refractivity contribution in [2.24, 2.45) is 5.92 Å². The van der Waals surface area contributed by atoms with Crippen molar-refractivity contribution in [3.8, 4) is 0 Å². The first-order valence-corrected chi connectivity index (χ1v) is 9.81. The molecule has 8 heteroatoms. The van der Waals surface area contributed by atoms with E-state index in [0.29, 0.717) is 25.1 Å². The fourth-order valence-corrected chi connectivity index (χ4v) is 3.62. The lowest BCUT2D eigenvalue weighted by atomic mass is 9.85. The molecule has 22 heavy (non-hydrogen) atoms. The van der Waals surface area contributed by atoms with Crippen molar-refractivity contribution in [2.45, 2.75) is 44.2 Å². The summed E-state index contributed by atoms with van der Waals surface area (Å²) in [5.74, 6) is 0.714. The Morgan fingerprint density at radius 1 is 1.27 bits per heavy atom. The van der Waals surface area contributed by atoms with E-state index in [4.69, 9.17) is 4.74 Å². The fraction of sp³-hybridized carbons (Fsp3) is 0.929. The number of rotatable bonds is 7. The van der Waals surface area contributed by atoms with Gasteiger partial charge in [0.15, 0.2) is 0 Å². The average Bonchev–Trinajstić information content (AvgIpc) is 2.85. The molecule has 1 heterocycles. The summed E-state index contributed by atoms with van der Waals surface area (Å²) >= 11 is 0. The third-order valence-electron chi connectivity index (χ3n) is 4.32. The van der Waals surface area contributed by atoms with Crippen molar-refractivity contribution in [1.29, 1.82) is 0 Å².